The van der Waals surface area contributed by atoms with Crippen molar-refractivity contribution in [1.82, 2.24) is 0 Å². The highest BCUT2D eigenvalue weighted by molar-refractivity contribution is 6.32. The third-order valence-electron chi connectivity index (χ3n) is 6.07. The van der Waals surface area contributed by atoms with Gasteiger partial charge in [0, 0.05) is 11.1 Å². The van der Waals surface area contributed by atoms with Crippen LogP contribution in [0.5, 0.6) is 5.75 Å². The predicted molar refractivity (Wildman–Crippen MR) is 124 cm³/mol. The van der Waals surface area contributed by atoms with Gasteiger partial charge in [0.1, 0.15) is 57.2 Å². The molecule has 4 rings (SSSR count). The number of aliphatic hydroxyl groups is 1. The molecule has 1 aliphatic heterocycles. The molecule has 5 heteroatoms. The van der Waals surface area contributed by atoms with Crippen LogP contribution in [0.25, 0.3) is 0 Å². The molecule has 3 aromatic rings. The Morgan fingerprint density at radius 1 is 0.774 bits per heavy atom. The van der Waals surface area contributed by atoms with E-state index in [4.69, 9.17) is 16.3 Å². The first kappa shape index (κ1) is 21.8. The van der Waals surface area contributed by atoms with Crippen LogP contribution in [0, 0.1) is 0 Å². The van der Waals surface area contributed by atoms with Crippen LogP contribution in [0.4, 0.5) is 0 Å². The number of hydrogen-bond acceptors (Lipinski definition) is 2. The summed E-state index contributed by atoms with van der Waals surface area (Å²) in [4.78, 5) is 3.02. The van der Waals surface area contributed by atoms with Crippen molar-refractivity contribution in [3.8, 4) is 5.75 Å². The maximum Gasteiger partial charge on any atom is 0.139 e. The van der Waals surface area contributed by atoms with Crippen LogP contribution in [0.2, 0.25) is 5.02 Å². The number of hydrogen-bond donors (Lipinski definition) is 3. The molecule has 162 valence electrons. The van der Waals surface area contributed by atoms with Gasteiger partial charge in [0.05, 0.1) is 5.02 Å². The molecule has 0 saturated carbocycles. The number of quaternary nitrogens is 2. The highest BCUT2D eigenvalue weighted by Gasteiger charge is 2.32. The van der Waals surface area contributed by atoms with Gasteiger partial charge in [-0.3, -0.25) is 0 Å². The molecule has 0 aliphatic carbocycles. The van der Waals surface area contributed by atoms with Gasteiger partial charge in [-0.2, -0.15) is 0 Å². The SMILES string of the molecule is O[C@@H](COc1ccccc1Cl)C[NH+]1CC[NH+](C(c2ccccc2)c2ccccc2)CC1. The molecule has 1 fully saturated rings. The van der Waals surface area contributed by atoms with Crippen LogP contribution < -0.4 is 14.5 Å². The number of nitrogens with one attached hydrogen (secondary N) is 2. The summed E-state index contributed by atoms with van der Waals surface area (Å²) in [5, 5.41) is 11.1. The third kappa shape index (κ3) is 5.86. The average Bonchev–Trinajstić information content (AvgIpc) is 2.81. The summed E-state index contributed by atoms with van der Waals surface area (Å²) in [6.07, 6.45) is -0.508. The van der Waals surface area contributed by atoms with Crippen molar-refractivity contribution in [2.75, 3.05) is 39.3 Å². The first-order valence-corrected chi connectivity index (χ1v) is 11.4. The van der Waals surface area contributed by atoms with Crippen molar-refractivity contribution < 1.29 is 19.6 Å². The predicted octanol–water partition coefficient (Wildman–Crippen LogP) is 1.65. The van der Waals surface area contributed by atoms with Crippen molar-refractivity contribution in [3.63, 3.8) is 0 Å². The summed E-state index contributed by atoms with van der Waals surface area (Å²) in [7, 11) is 0. The summed E-state index contributed by atoms with van der Waals surface area (Å²) < 4.78 is 5.71. The molecule has 0 radical (unpaired) electrons. The lowest BCUT2D eigenvalue weighted by atomic mass is 9.96. The van der Waals surface area contributed by atoms with Crippen molar-refractivity contribution in [1.29, 1.82) is 0 Å². The molecule has 1 saturated heterocycles. The quantitative estimate of drug-likeness (QED) is 0.500. The molecule has 0 unspecified atom stereocenters. The topological polar surface area (TPSA) is 38.3 Å². The zero-order chi connectivity index (χ0) is 21.5. The van der Waals surface area contributed by atoms with E-state index in [0.29, 0.717) is 23.4 Å². The molecule has 1 heterocycles. The minimum Gasteiger partial charge on any atom is -0.489 e. The fourth-order valence-electron chi connectivity index (χ4n) is 4.51. The number of benzene rings is 3. The van der Waals surface area contributed by atoms with E-state index in [2.05, 4.69) is 60.7 Å². The highest BCUT2D eigenvalue weighted by Crippen LogP contribution is 2.23. The van der Waals surface area contributed by atoms with E-state index in [0.717, 1.165) is 26.2 Å². The molecule has 31 heavy (non-hydrogen) atoms. The zero-order valence-electron chi connectivity index (χ0n) is 17.7. The standard InChI is InChI=1S/C26H29ClN2O2/c27-24-13-7-8-14-25(24)31-20-23(30)19-28-15-17-29(18-16-28)26(21-9-3-1-4-10-21)22-11-5-2-6-12-22/h1-14,23,26,30H,15-20H2/p+2/t23-/m1/s1. The van der Waals surface area contributed by atoms with Gasteiger partial charge in [-0.1, -0.05) is 84.4 Å². The van der Waals surface area contributed by atoms with Gasteiger partial charge >= 0.3 is 0 Å². The lowest BCUT2D eigenvalue weighted by Gasteiger charge is -2.35. The maximum atomic E-state index is 10.5. The second-order valence-electron chi connectivity index (χ2n) is 8.26. The Hall–Kier alpha value is -2.37. The molecule has 1 atom stereocenters. The fourth-order valence-corrected chi connectivity index (χ4v) is 4.70. The van der Waals surface area contributed by atoms with Crippen LogP contribution in [0.15, 0.2) is 84.9 Å². The van der Waals surface area contributed by atoms with Gasteiger partial charge in [0.15, 0.2) is 0 Å². The number of piperazine rings is 1. The number of halogens is 1. The lowest BCUT2D eigenvalue weighted by Crippen LogP contribution is -3.28. The molecule has 3 N–H and O–H groups in total. The van der Waals surface area contributed by atoms with E-state index in [9.17, 15) is 5.11 Å². The van der Waals surface area contributed by atoms with Gasteiger partial charge in [-0.15, -0.1) is 0 Å². The maximum absolute atomic E-state index is 10.5. The zero-order valence-corrected chi connectivity index (χ0v) is 18.5. The molecular formula is C26H31ClN2O2+2. The number of ether oxygens (including phenoxy) is 1. The molecule has 0 bridgehead atoms. The van der Waals surface area contributed by atoms with E-state index < -0.39 is 6.10 Å². The van der Waals surface area contributed by atoms with Gasteiger partial charge < -0.3 is 19.6 Å². The van der Waals surface area contributed by atoms with E-state index in [1.54, 1.807) is 11.0 Å². The van der Waals surface area contributed by atoms with Crippen LogP contribution >= 0.6 is 11.6 Å². The van der Waals surface area contributed by atoms with E-state index in [-0.39, 0.29) is 6.61 Å². The summed E-state index contributed by atoms with van der Waals surface area (Å²) in [6.45, 7) is 5.17. The monoisotopic (exact) mass is 438 g/mol. The summed E-state index contributed by atoms with van der Waals surface area (Å²) in [5.74, 6) is 0.626. The van der Waals surface area contributed by atoms with Crippen LogP contribution in [0.1, 0.15) is 17.2 Å². The Bertz CT molecular complexity index is 891. The Kier molecular flexibility index (Phi) is 7.60. The third-order valence-corrected chi connectivity index (χ3v) is 6.38. The minimum absolute atomic E-state index is 0.264. The first-order valence-electron chi connectivity index (χ1n) is 11.0. The second kappa shape index (κ2) is 10.8. The number of aliphatic hydroxyl groups excluding tert-OH is 1. The number of rotatable bonds is 8. The summed E-state index contributed by atoms with van der Waals surface area (Å²) in [6, 6.07) is 29.3. The van der Waals surface area contributed by atoms with Crippen molar-refractivity contribution >= 4 is 11.6 Å². The molecular weight excluding hydrogens is 408 g/mol. The smallest absolute Gasteiger partial charge is 0.139 e. The Balaban J connectivity index is 1.33. The van der Waals surface area contributed by atoms with Gasteiger partial charge in [-0.25, -0.2) is 0 Å². The Morgan fingerprint density at radius 3 is 1.90 bits per heavy atom. The molecule has 1 aliphatic rings. The van der Waals surface area contributed by atoms with Crippen LogP contribution in [-0.2, 0) is 0 Å². The lowest BCUT2D eigenvalue weighted by molar-refractivity contribution is -1.02. The van der Waals surface area contributed by atoms with Gasteiger partial charge in [0.2, 0.25) is 0 Å². The average molecular weight is 439 g/mol. The van der Waals surface area contributed by atoms with Crippen LogP contribution in [0.3, 0.4) is 0 Å². The molecule has 0 amide bonds. The molecule has 4 nitrogen and oxygen atoms in total. The number of para-hydroxylation sites is 1. The second-order valence-corrected chi connectivity index (χ2v) is 8.67. The van der Waals surface area contributed by atoms with Crippen molar-refractivity contribution in [3.05, 3.63) is 101 Å². The van der Waals surface area contributed by atoms with Gasteiger partial charge in [0.25, 0.3) is 0 Å². The normalized spacial score (nSPS) is 19.8. The van der Waals surface area contributed by atoms with E-state index in [1.807, 2.05) is 18.2 Å². The van der Waals surface area contributed by atoms with E-state index in [1.165, 1.54) is 16.0 Å². The molecule has 0 spiro atoms. The van der Waals surface area contributed by atoms with E-state index >= 15 is 0 Å². The molecule has 3 aromatic carbocycles. The van der Waals surface area contributed by atoms with Crippen LogP contribution in [-0.4, -0.2) is 50.5 Å². The first-order chi connectivity index (χ1) is 15.2. The Labute approximate surface area is 189 Å². The highest BCUT2D eigenvalue weighted by atomic mass is 35.5. The van der Waals surface area contributed by atoms with Gasteiger partial charge in [-0.05, 0) is 12.1 Å². The minimum atomic E-state index is -0.508. The van der Waals surface area contributed by atoms with Crippen molar-refractivity contribution in [2.24, 2.45) is 0 Å². The Morgan fingerprint density at radius 2 is 1.32 bits per heavy atom. The molecule has 0 aromatic heterocycles. The van der Waals surface area contributed by atoms with Crippen molar-refractivity contribution in [2.45, 2.75) is 12.1 Å². The summed E-state index contributed by atoms with van der Waals surface area (Å²) in [5.41, 5.74) is 2.72. The fraction of sp³-hybridized carbons (Fsp3) is 0.308. The largest absolute Gasteiger partial charge is 0.489 e. The summed E-state index contributed by atoms with van der Waals surface area (Å²) >= 11 is 6.13.